The number of halogens is 1. The number of hydrogen-bond acceptors (Lipinski definition) is 2. The van der Waals surface area contributed by atoms with Crippen LogP contribution in [0.1, 0.15) is 34.8 Å². The molecule has 1 aromatic heterocycles. The van der Waals surface area contributed by atoms with Gasteiger partial charge in [0.2, 0.25) is 0 Å². The number of likely N-dealkylation sites (tertiary alicyclic amines) is 1. The molecule has 5 heteroatoms. The molecule has 0 radical (unpaired) electrons. The zero-order valence-electron chi connectivity index (χ0n) is 14.7. The monoisotopic (exact) mass is 352 g/mol. The van der Waals surface area contributed by atoms with Crippen LogP contribution in [0, 0.1) is 5.82 Å². The summed E-state index contributed by atoms with van der Waals surface area (Å²) in [4.78, 5) is 18.0. The molecule has 1 aliphatic heterocycles. The Bertz CT molecular complexity index is 925. The number of fused-ring (bicyclic) bond motifs is 1. The van der Waals surface area contributed by atoms with E-state index in [1.165, 1.54) is 6.07 Å². The minimum Gasteiger partial charge on any atom is -0.497 e. The maximum atomic E-state index is 13.4. The van der Waals surface area contributed by atoms with Crippen LogP contribution in [0.4, 0.5) is 4.39 Å². The van der Waals surface area contributed by atoms with Gasteiger partial charge in [-0.15, -0.1) is 0 Å². The molecule has 0 aliphatic carbocycles. The number of carbonyl (C=O) groups is 1. The van der Waals surface area contributed by atoms with Crippen molar-refractivity contribution in [3.63, 3.8) is 0 Å². The number of methoxy groups -OCH3 is 1. The highest BCUT2D eigenvalue weighted by Crippen LogP contribution is 2.30. The largest absolute Gasteiger partial charge is 0.497 e. The number of benzene rings is 2. The van der Waals surface area contributed by atoms with Gasteiger partial charge in [0, 0.05) is 41.2 Å². The molecule has 4 nitrogen and oxygen atoms in total. The molecular weight excluding hydrogens is 331 g/mol. The second kappa shape index (κ2) is 6.83. The van der Waals surface area contributed by atoms with Gasteiger partial charge in [0.1, 0.15) is 11.6 Å². The van der Waals surface area contributed by atoms with E-state index in [4.69, 9.17) is 4.74 Å². The van der Waals surface area contributed by atoms with Crippen molar-refractivity contribution in [2.24, 2.45) is 0 Å². The smallest absolute Gasteiger partial charge is 0.253 e. The zero-order chi connectivity index (χ0) is 18.1. The zero-order valence-corrected chi connectivity index (χ0v) is 14.7. The van der Waals surface area contributed by atoms with Crippen LogP contribution >= 0.6 is 0 Å². The number of rotatable bonds is 3. The van der Waals surface area contributed by atoms with E-state index in [0.29, 0.717) is 11.5 Å². The third-order valence-electron chi connectivity index (χ3n) is 5.16. The lowest BCUT2D eigenvalue weighted by Gasteiger charge is -2.31. The lowest BCUT2D eigenvalue weighted by atomic mass is 9.93. The van der Waals surface area contributed by atoms with Crippen molar-refractivity contribution in [3.05, 3.63) is 65.6 Å². The number of nitrogens with one attached hydrogen (secondary N) is 1. The summed E-state index contributed by atoms with van der Waals surface area (Å²) < 4.78 is 18.5. The van der Waals surface area contributed by atoms with E-state index in [2.05, 4.69) is 4.98 Å². The molecule has 0 unspecified atom stereocenters. The quantitative estimate of drug-likeness (QED) is 0.762. The van der Waals surface area contributed by atoms with Gasteiger partial charge in [-0.05, 0) is 61.4 Å². The minimum atomic E-state index is -0.219. The molecule has 2 heterocycles. The fourth-order valence-corrected chi connectivity index (χ4v) is 3.66. The molecule has 1 N–H and O–H groups in total. The summed E-state index contributed by atoms with van der Waals surface area (Å²) in [6, 6.07) is 14.1. The first-order valence-corrected chi connectivity index (χ1v) is 8.85. The molecule has 1 aliphatic rings. The van der Waals surface area contributed by atoms with Gasteiger partial charge in [0.25, 0.3) is 5.91 Å². The standard InChI is InChI=1S/C21H21FN2O2/c1-26-18-5-2-15(3-6-18)21(25)24-10-8-14(9-11-24)20-13-16-12-17(22)4-7-19(16)23-20/h2-7,12-14,23H,8-11H2,1H3. The average Bonchev–Trinajstić information content (AvgIpc) is 3.11. The number of amides is 1. The van der Waals surface area contributed by atoms with Crippen LogP contribution in [0.5, 0.6) is 5.75 Å². The molecule has 0 saturated carbocycles. The number of piperidine rings is 1. The Morgan fingerprint density at radius 3 is 2.54 bits per heavy atom. The van der Waals surface area contributed by atoms with Crippen LogP contribution in [-0.4, -0.2) is 36.0 Å². The molecule has 134 valence electrons. The molecule has 1 saturated heterocycles. The van der Waals surface area contributed by atoms with Gasteiger partial charge in [-0.3, -0.25) is 4.79 Å². The average molecular weight is 352 g/mol. The van der Waals surface area contributed by atoms with Gasteiger partial charge in [-0.1, -0.05) is 0 Å². The molecule has 3 aromatic rings. The first-order valence-electron chi connectivity index (χ1n) is 8.85. The molecular formula is C21H21FN2O2. The maximum absolute atomic E-state index is 13.4. The fraction of sp³-hybridized carbons (Fsp3) is 0.286. The summed E-state index contributed by atoms with van der Waals surface area (Å²) in [5.41, 5.74) is 2.77. The highest BCUT2D eigenvalue weighted by Gasteiger charge is 2.25. The lowest BCUT2D eigenvalue weighted by Crippen LogP contribution is -2.37. The summed E-state index contributed by atoms with van der Waals surface area (Å²) in [7, 11) is 1.61. The third kappa shape index (κ3) is 3.17. The van der Waals surface area contributed by atoms with Crippen molar-refractivity contribution < 1.29 is 13.9 Å². The summed E-state index contributed by atoms with van der Waals surface area (Å²) in [6.45, 7) is 1.44. The summed E-state index contributed by atoms with van der Waals surface area (Å²) >= 11 is 0. The highest BCUT2D eigenvalue weighted by molar-refractivity contribution is 5.94. The van der Waals surface area contributed by atoms with Crippen molar-refractivity contribution >= 4 is 16.8 Å². The first kappa shape index (κ1) is 16.6. The number of aromatic nitrogens is 1. The number of H-pyrrole nitrogens is 1. The Hall–Kier alpha value is -2.82. The van der Waals surface area contributed by atoms with Crippen LogP contribution in [-0.2, 0) is 0 Å². The van der Waals surface area contributed by atoms with Crippen molar-refractivity contribution in [1.29, 1.82) is 0 Å². The van der Waals surface area contributed by atoms with Gasteiger partial charge >= 0.3 is 0 Å². The van der Waals surface area contributed by atoms with Gasteiger partial charge in [0.15, 0.2) is 0 Å². The Kier molecular flexibility index (Phi) is 4.37. The first-order chi connectivity index (χ1) is 12.6. The van der Waals surface area contributed by atoms with E-state index >= 15 is 0 Å². The Morgan fingerprint density at radius 2 is 1.85 bits per heavy atom. The normalized spacial score (nSPS) is 15.4. The SMILES string of the molecule is COc1ccc(C(=O)N2CCC(c3cc4cc(F)ccc4[nH]3)CC2)cc1. The van der Waals surface area contributed by atoms with Gasteiger partial charge in [-0.2, -0.15) is 0 Å². The molecule has 1 fully saturated rings. The molecule has 26 heavy (non-hydrogen) atoms. The van der Waals surface area contributed by atoms with E-state index in [1.54, 1.807) is 31.4 Å². The number of hydrogen-bond donors (Lipinski definition) is 1. The Balaban J connectivity index is 1.43. The molecule has 2 aromatic carbocycles. The summed E-state index contributed by atoms with van der Waals surface area (Å²) in [6.07, 6.45) is 1.80. The van der Waals surface area contributed by atoms with Crippen LogP contribution in [0.25, 0.3) is 10.9 Å². The van der Waals surface area contributed by atoms with Crippen LogP contribution in [0.3, 0.4) is 0 Å². The Labute approximate surface area is 151 Å². The molecule has 1 amide bonds. The lowest BCUT2D eigenvalue weighted by molar-refractivity contribution is 0.0712. The summed E-state index contributed by atoms with van der Waals surface area (Å²) in [5, 5.41) is 0.900. The van der Waals surface area contributed by atoms with Gasteiger partial charge in [0.05, 0.1) is 7.11 Å². The summed E-state index contributed by atoms with van der Waals surface area (Å²) in [5.74, 6) is 0.952. The Morgan fingerprint density at radius 1 is 1.12 bits per heavy atom. The topological polar surface area (TPSA) is 45.3 Å². The predicted molar refractivity (Wildman–Crippen MR) is 99.1 cm³/mol. The number of carbonyl (C=O) groups excluding carboxylic acids is 1. The van der Waals surface area contributed by atoms with Gasteiger partial charge in [-0.25, -0.2) is 4.39 Å². The van der Waals surface area contributed by atoms with Crippen molar-refractivity contribution in [2.75, 3.05) is 20.2 Å². The van der Waals surface area contributed by atoms with E-state index < -0.39 is 0 Å². The van der Waals surface area contributed by atoms with Crippen LogP contribution < -0.4 is 4.74 Å². The number of nitrogens with zero attached hydrogens (tertiary/aromatic N) is 1. The maximum Gasteiger partial charge on any atom is 0.253 e. The van der Waals surface area contributed by atoms with Gasteiger partial charge < -0.3 is 14.6 Å². The fourth-order valence-electron chi connectivity index (χ4n) is 3.66. The van der Waals surface area contributed by atoms with E-state index in [1.807, 2.05) is 23.1 Å². The number of ether oxygens (including phenoxy) is 1. The molecule has 0 spiro atoms. The third-order valence-corrected chi connectivity index (χ3v) is 5.16. The van der Waals surface area contributed by atoms with Crippen molar-refractivity contribution in [3.8, 4) is 5.75 Å². The number of aromatic amines is 1. The van der Waals surface area contributed by atoms with E-state index in [0.717, 1.165) is 48.3 Å². The van der Waals surface area contributed by atoms with Crippen LogP contribution in [0.15, 0.2) is 48.5 Å². The predicted octanol–water partition coefficient (Wildman–Crippen LogP) is 4.34. The second-order valence-electron chi connectivity index (χ2n) is 6.75. The second-order valence-corrected chi connectivity index (χ2v) is 6.75. The minimum absolute atomic E-state index is 0.0600. The molecule has 0 atom stereocenters. The van der Waals surface area contributed by atoms with Crippen molar-refractivity contribution in [1.82, 2.24) is 9.88 Å². The van der Waals surface area contributed by atoms with Crippen molar-refractivity contribution in [2.45, 2.75) is 18.8 Å². The van der Waals surface area contributed by atoms with E-state index in [-0.39, 0.29) is 11.7 Å². The van der Waals surface area contributed by atoms with Crippen LogP contribution in [0.2, 0.25) is 0 Å². The highest BCUT2D eigenvalue weighted by atomic mass is 19.1. The molecule has 4 rings (SSSR count). The molecule has 0 bridgehead atoms. The van der Waals surface area contributed by atoms with E-state index in [9.17, 15) is 9.18 Å².